The third-order valence-electron chi connectivity index (χ3n) is 2.13. The summed E-state index contributed by atoms with van der Waals surface area (Å²) in [6, 6.07) is 7.25. The van der Waals surface area contributed by atoms with Gasteiger partial charge in [-0.1, -0.05) is 11.6 Å². The van der Waals surface area contributed by atoms with Crippen LogP contribution in [0.25, 0.3) is 0 Å². The van der Waals surface area contributed by atoms with Crippen molar-refractivity contribution in [2.24, 2.45) is 5.73 Å². The molecule has 1 aromatic heterocycles. The summed E-state index contributed by atoms with van der Waals surface area (Å²) >= 11 is 5.79. The first-order valence-corrected chi connectivity index (χ1v) is 5.73. The molecule has 4 nitrogen and oxygen atoms in total. The molecule has 0 bridgehead atoms. The molecular formula is C12H14ClN3O. The van der Waals surface area contributed by atoms with Gasteiger partial charge in [0, 0.05) is 11.1 Å². The third kappa shape index (κ3) is 3.47. The zero-order valence-electron chi connectivity index (χ0n) is 9.51. The Bertz CT molecular complexity index is 479. The summed E-state index contributed by atoms with van der Waals surface area (Å²) in [6.45, 7) is 2.60. The van der Waals surface area contributed by atoms with E-state index in [1.165, 1.54) is 0 Å². The van der Waals surface area contributed by atoms with Gasteiger partial charge in [-0.2, -0.15) is 5.10 Å². The predicted molar refractivity (Wildman–Crippen MR) is 67.4 cm³/mol. The van der Waals surface area contributed by atoms with E-state index in [4.69, 9.17) is 22.1 Å². The van der Waals surface area contributed by atoms with E-state index < -0.39 is 0 Å². The van der Waals surface area contributed by atoms with E-state index in [1.807, 2.05) is 25.3 Å². The van der Waals surface area contributed by atoms with Crippen LogP contribution in [0.5, 0.6) is 11.5 Å². The molecule has 17 heavy (non-hydrogen) atoms. The highest BCUT2D eigenvalue weighted by Crippen LogP contribution is 2.22. The number of halogens is 1. The standard InChI is InChI=1S/C12H14ClN3O/c1-9(14)7-16-8-12(6-15-16)17-11-4-2-10(13)3-5-11/h2-6,8-9H,7,14H2,1H3. The van der Waals surface area contributed by atoms with E-state index >= 15 is 0 Å². The van der Waals surface area contributed by atoms with Crippen molar-refractivity contribution in [1.29, 1.82) is 0 Å². The van der Waals surface area contributed by atoms with Crippen molar-refractivity contribution in [3.8, 4) is 11.5 Å². The summed E-state index contributed by atoms with van der Waals surface area (Å²) in [7, 11) is 0. The molecule has 2 aromatic rings. The van der Waals surface area contributed by atoms with Crippen LogP contribution in [-0.2, 0) is 6.54 Å². The summed E-state index contributed by atoms with van der Waals surface area (Å²) < 4.78 is 7.37. The summed E-state index contributed by atoms with van der Waals surface area (Å²) in [5.41, 5.74) is 5.69. The molecule has 0 aliphatic rings. The van der Waals surface area contributed by atoms with Gasteiger partial charge in [-0.05, 0) is 31.2 Å². The molecule has 2 N–H and O–H groups in total. The van der Waals surface area contributed by atoms with Gasteiger partial charge >= 0.3 is 0 Å². The quantitative estimate of drug-likeness (QED) is 0.909. The Hall–Kier alpha value is -1.52. The fourth-order valence-corrected chi connectivity index (χ4v) is 1.56. The van der Waals surface area contributed by atoms with Crippen molar-refractivity contribution in [2.45, 2.75) is 19.5 Å². The molecule has 0 spiro atoms. The predicted octanol–water partition coefficient (Wildman–Crippen LogP) is 2.68. The van der Waals surface area contributed by atoms with E-state index in [-0.39, 0.29) is 6.04 Å². The van der Waals surface area contributed by atoms with Crippen LogP contribution in [0, 0.1) is 0 Å². The van der Waals surface area contributed by atoms with Crippen molar-refractivity contribution in [3.63, 3.8) is 0 Å². The molecule has 90 valence electrons. The minimum absolute atomic E-state index is 0.0679. The molecule has 1 aromatic carbocycles. The van der Waals surface area contributed by atoms with Gasteiger partial charge in [0.05, 0.1) is 18.9 Å². The number of ether oxygens (including phenoxy) is 1. The van der Waals surface area contributed by atoms with Crippen LogP contribution in [0.4, 0.5) is 0 Å². The molecule has 0 saturated carbocycles. The van der Waals surface area contributed by atoms with Crippen molar-refractivity contribution >= 4 is 11.6 Å². The Morgan fingerprint density at radius 1 is 1.35 bits per heavy atom. The second-order valence-corrected chi connectivity index (χ2v) is 4.37. The first-order valence-electron chi connectivity index (χ1n) is 5.35. The molecule has 1 unspecified atom stereocenters. The van der Waals surface area contributed by atoms with E-state index in [0.29, 0.717) is 17.3 Å². The Morgan fingerprint density at radius 2 is 2.06 bits per heavy atom. The fourth-order valence-electron chi connectivity index (χ4n) is 1.43. The van der Waals surface area contributed by atoms with E-state index in [9.17, 15) is 0 Å². The Labute approximate surface area is 105 Å². The van der Waals surface area contributed by atoms with Crippen LogP contribution >= 0.6 is 11.6 Å². The molecule has 0 aliphatic heterocycles. The van der Waals surface area contributed by atoms with Crippen molar-refractivity contribution in [3.05, 3.63) is 41.7 Å². The average Bonchev–Trinajstić information content (AvgIpc) is 2.68. The molecule has 0 aliphatic carbocycles. The lowest BCUT2D eigenvalue weighted by Gasteiger charge is -2.04. The average molecular weight is 252 g/mol. The van der Waals surface area contributed by atoms with Gasteiger partial charge < -0.3 is 10.5 Å². The van der Waals surface area contributed by atoms with Crippen LogP contribution in [0.15, 0.2) is 36.7 Å². The normalized spacial score (nSPS) is 12.4. The minimum atomic E-state index is 0.0679. The van der Waals surface area contributed by atoms with Gasteiger partial charge in [-0.15, -0.1) is 0 Å². The van der Waals surface area contributed by atoms with Crippen molar-refractivity contribution < 1.29 is 4.74 Å². The number of nitrogens with zero attached hydrogens (tertiary/aromatic N) is 2. The zero-order chi connectivity index (χ0) is 12.3. The Balaban J connectivity index is 2.03. The van der Waals surface area contributed by atoms with Crippen LogP contribution in [0.2, 0.25) is 5.02 Å². The van der Waals surface area contributed by atoms with Gasteiger partial charge in [-0.25, -0.2) is 0 Å². The molecule has 0 saturated heterocycles. The van der Waals surface area contributed by atoms with Gasteiger partial charge in [0.15, 0.2) is 5.75 Å². The van der Waals surface area contributed by atoms with E-state index in [0.717, 1.165) is 5.75 Å². The summed E-state index contributed by atoms with van der Waals surface area (Å²) in [4.78, 5) is 0. The highest BCUT2D eigenvalue weighted by molar-refractivity contribution is 6.30. The van der Waals surface area contributed by atoms with E-state index in [1.54, 1.807) is 23.0 Å². The molecule has 1 atom stereocenters. The number of rotatable bonds is 4. The number of hydrogen-bond donors (Lipinski definition) is 1. The maximum absolute atomic E-state index is 5.79. The zero-order valence-corrected chi connectivity index (χ0v) is 10.3. The SMILES string of the molecule is CC(N)Cn1cc(Oc2ccc(Cl)cc2)cn1. The molecule has 1 heterocycles. The maximum atomic E-state index is 5.79. The molecular weight excluding hydrogens is 238 g/mol. The molecule has 0 amide bonds. The monoisotopic (exact) mass is 251 g/mol. The number of aromatic nitrogens is 2. The fraction of sp³-hybridized carbons (Fsp3) is 0.250. The van der Waals surface area contributed by atoms with Gasteiger partial charge in [0.1, 0.15) is 5.75 Å². The Kier molecular flexibility index (Phi) is 3.66. The second-order valence-electron chi connectivity index (χ2n) is 3.93. The first kappa shape index (κ1) is 12.0. The minimum Gasteiger partial charge on any atom is -0.454 e. The molecule has 2 rings (SSSR count). The van der Waals surface area contributed by atoms with Gasteiger partial charge in [0.2, 0.25) is 0 Å². The lowest BCUT2D eigenvalue weighted by atomic mass is 10.3. The van der Waals surface area contributed by atoms with Crippen LogP contribution in [-0.4, -0.2) is 15.8 Å². The van der Waals surface area contributed by atoms with Gasteiger partial charge in [-0.3, -0.25) is 4.68 Å². The summed E-state index contributed by atoms with van der Waals surface area (Å²) in [5.74, 6) is 1.42. The van der Waals surface area contributed by atoms with Crippen LogP contribution in [0.1, 0.15) is 6.92 Å². The number of nitrogens with two attached hydrogens (primary N) is 1. The lowest BCUT2D eigenvalue weighted by Crippen LogP contribution is -2.22. The smallest absolute Gasteiger partial charge is 0.165 e. The topological polar surface area (TPSA) is 53.1 Å². The summed E-state index contributed by atoms with van der Waals surface area (Å²) in [5, 5.41) is 4.84. The van der Waals surface area contributed by atoms with Gasteiger partial charge in [0.25, 0.3) is 0 Å². The number of hydrogen-bond acceptors (Lipinski definition) is 3. The van der Waals surface area contributed by atoms with Crippen LogP contribution in [0.3, 0.4) is 0 Å². The second kappa shape index (κ2) is 5.21. The molecule has 0 radical (unpaired) electrons. The van der Waals surface area contributed by atoms with Crippen LogP contribution < -0.4 is 10.5 Å². The largest absolute Gasteiger partial charge is 0.454 e. The first-order chi connectivity index (χ1) is 8.13. The molecule has 5 heteroatoms. The third-order valence-corrected chi connectivity index (χ3v) is 2.39. The van der Waals surface area contributed by atoms with Crippen molar-refractivity contribution in [2.75, 3.05) is 0 Å². The highest BCUT2D eigenvalue weighted by atomic mass is 35.5. The van der Waals surface area contributed by atoms with Crippen molar-refractivity contribution in [1.82, 2.24) is 9.78 Å². The van der Waals surface area contributed by atoms with E-state index in [2.05, 4.69) is 5.10 Å². The highest BCUT2D eigenvalue weighted by Gasteiger charge is 2.03. The summed E-state index contributed by atoms with van der Waals surface area (Å²) in [6.07, 6.45) is 3.48. The Morgan fingerprint density at radius 3 is 2.71 bits per heavy atom. The molecule has 0 fully saturated rings. The maximum Gasteiger partial charge on any atom is 0.165 e. The number of benzene rings is 1. The lowest BCUT2D eigenvalue weighted by molar-refractivity contribution is 0.479.